The minimum atomic E-state index is 1.13. The molecule has 2 heterocycles. The van der Waals surface area contributed by atoms with Crippen LogP contribution in [0.25, 0.3) is 94.9 Å². The van der Waals surface area contributed by atoms with Gasteiger partial charge in [-0.1, -0.05) is 146 Å². The van der Waals surface area contributed by atoms with Gasteiger partial charge in [0.2, 0.25) is 0 Å². The molecule has 0 saturated carbocycles. The zero-order valence-electron chi connectivity index (χ0n) is 40.5. The molecule has 0 atom stereocenters. The molecular formula is C68H48N2S2. The van der Waals surface area contributed by atoms with Crippen LogP contribution in [0.4, 0.5) is 34.1 Å². The molecule has 2 aromatic heterocycles. The lowest BCUT2D eigenvalue weighted by Crippen LogP contribution is -2.14. The number of thiophene rings is 2. The van der Waals surface area contributed by atoms with Crippen molar-refractivity contribution in [3.63, 3.8) is 0 Å². The Morgan fingerprint density at radius 1 is 0.306 bits per heavy atom. The maximum Gasteiger partial charge on any atom is 0.0540 e. The van der Waals surface area contributed by atoms with Gasteiger partial charge in [0, 0.05) is 62.5 Å². The third-order valence-electron chi connectivity index (χ3n) is 15.0. The first-order valence-corrected chi connectivity index (χ1v) is 26.5. The fraction of sp³-hybridized carbons (Fsp3) is 0.0588. The Balaban J connectivity index is 0.940. The van der Waals surface area contributed by atoms with Crippen LogP contribution < -0.4 is 9.80 Å². The molecule has 0 amide bonds. The Kier molecular flexibility index (Phi) is 9.86. The highest BCUT2D eigenvalue weighted by molar-refractivity contribution is 7.26. The van der Waals surface area contributed by atoms with Gasteiger partial charge in [0.05, 0.1) is 22.7 Å². The highest BCUT2D eigenvalue weighted by atomic mass is 32.1. The van der Waals surface area contributed by atoms with Crippen molar-refractivity contribution in [2.24, 2.45) is 0 Å². The average Bonchev–Trinajstić information content (AvgIpc) is 4.00. The number of rotatable bonds is 8. The standard InChI is InChI=1S/C68H48N2S2/c1-41-37-47(51-23-15-25-55-53-21-11-13-27-61(53)71-67(51)55)38-42(2)65(41)69(49-17-7-5-8-18-49)59-35-31-45-30-34-58-60(36-32-46-29-33-57(59)63(45)64(46)58)70(50-19-9-6-10-20-50)66-43(3)39-48(40-44(66)4)52-24-16-26-56-54-22-12-14-28-62(54)72-68(52)56/h5-40H,1-4H3. The largest absolute Gasteiger partial charge is 0.309 e. The van der Waals surface area contributed by atoms with Crippen molar-refractivity contribution in [2.45, 2.75) is 27.7 Å². The first-order valence-electron chi connectivity index (χ1n) is 24.8. The quantitative estimate of drug-likeness (QED) is 0.140. The van der Waals surface area contributed by atoms with Gasteiger partial charge in [-0.15, -0.1) is 22.7 Å². The van der Waals surface area contributed by atoms with Crippen LogP contribution in [0, 0.1) is 27.7 Å². The average molecular weight is 957 g/mol. The molecule has 72 heavy (non-hydrogen) atoms. The third kappa shape index (κ3) is 6.60. The number of nitrogens with zero attached hydrogens (tertiary/aromatic N) is 2. The van der Waals surface area contributed by atoms with Crippen molar-refractivity contribution in [2.75, 3.05) is 9.80 Å². The zero-order valence-corrected chi connectivity index (χ0v) is 42.1. The summed E-state index contributed by atoms with van der Waals surface area (Å²) in [5.41, 5.74) is 17.0. The van der Waals surface area contributed by atoms with Gasteiger partial charge in [0.25, 0.3) is 0 Å². The van der Waals surface area contributed by atoms with E-state index in [2.05, 4.69) is 256 Å². The molecule has 0 fully saturated rings. The summed E-state index contributed by atoms with van der Waals surface area (Å²) in [4.78, 5) is 5.01. The molecule has 0 unspecified atom stereocenters. The lowest BCUT2D eigenvalue weighted by molar-refractivity contribution is 1.23. The van der Waals surface area contributed by atoms with E-state index in [1.165, 1.54) is 129 Å². The molecule has 2 nitrogen and oxygen atoms in total. The molecule has 4 heteroatoms. The maximum atomic E-state index is 2.51. The molecule has 14 aromatic rings. The van der Waals surface area contributed by atoms with Crippen molar-refractivity contribution in [1.29, 1.82) is 0 Å². The fourth-order valence-electron chi connectivity index (χ4n) is 12.0. The van der Waals surface area contributed by atoms with E-state index in [1.807, 2.05) is 22.7 Å². The van der Waals surface area contributed by atoms with E-state index in [0.29, 0.717) is 0 Å². The number of aryl methyl sites for hydroxylation is 4. The van der Waals surface area contributed by atoms with Crippen LogP contribution >= 0.6 is 22.7 Å². The second-order valence-corrected chi connectivity index (χ2v) is 21.5. The van der Waals surface area contributed by atoms with E-state index >= 15 is 0 Å². The normalized spacial score (nSPS) is 11.9. The van der Waals surface area contributed by atoms with E-state index in [9.17, 15) is 0 Å². The summed E-state index contributed by atoms with van der Waals surface area (Å²) in [6.45, 7) is 9.14. The van der Waals surface area contributed by atoms with Gasteiger partial charge < -0.3 is 9.80 Å². The molecule has 14 rings (SSSR count). The van der Waals surface area contributed by atoms with E-state index < -0.39 is 0 Å². The summed E-state index contributed by atoms with van der Waals surface area (Å²) >= 11 is 3.78. The minimum Gasteiger partial charge on any atom is -0.309 e. The van der Waals surface area contributed by atoms with E-state index in [-0.39, 0.29) is 0 Å². The Bertz CT molecular complexity index is 4120. The van der Waals surface area contributed by atoms with E-state index in [4.69, 9.17) is 0 Å². The first kappa shape index (κ1) is 42.6. The number of fused-ring (bicyclic) bond motifs is 6. The Hall–Kier alpha value is -8.28. The number of hydrogen-bond acceptors (Lipinski definition) is 4. The summed E-state index contributed by atoms with van der Waals surface area (Å²) < 4.78 is 5.33. The molecule has 0 bridgehead atoms. The molecule has 0 radical (unpaired) electrons. The van der Waals surface area contributed by atoms with Gasteiger partial charge in [-0.3, -0.25) is 0 Å². The Morgan fingerprint density at radius 3 is 1.08 bits per heavy atom. The Labute approximate surface area is 427 Å². The van der Waals surface area contributed by atoms with E-state index in [0.717, 1.165) is 22.7 Å². The third-order valence-corrected chi connectivity index (χ3v) is 17.4. The van der Waals surface area contributed by atoms with Crippen molar-refractivity contribution in [3.05, 3.63) is 241 Å². The van der Waals surface area contributed by atoms with Crippen molar-refractivity contribution in [1.82, 2.24) is 0 Å². The number of para-hydroxylation sites is 2. The lowest BCUT2D eigenvalue weighted by atomic mass is 9.91. The van der Waals surface area contributed by atoms with Crippen LogP contribution in [0.15, 0.2) is 218 Å². The van der Waals surface area contributed by atoms with Crippen molar-refractivity contribution in [3.8, 4) is 22.3 Å². The molecule has 0 aliphatic heterocycles. The summed E-state index contributed by atoms with van der Waals surface area (Å²) in [5.74, 6) is 0. The number of hydrogen-bond donors (Lipinski definition) is 0. The SMILES string of the molecule is Cc1cc(-c2cccc3c2sc2ccccc23)cc(C)c1N(c1ccccc1)c1ccc2ccc3c(N(c4ccccc4)c4c(C)cc(-c5cccc6c5sc5ccccc56)cc4C)ccc4ccc1c2c43. The van der Waals surface area contributed by atoms with Crippen LogP contribution in [-0.2, 0) is 0 Å². The topological polar surface area (TPSA) is 6.48 Å². The molecule has 342 valence electrons. The molecule has 0 aliphatic rings. The Morgan fingerprint density at radius 2 is 0.667 bits per heavy atom. The van der Waals surface area contributed by atoms with Crippen molar-refractivity contribution < 1.29 is 0 Å². The van der Waals surface area contributed by atoms with Gasteiger partial charge in [-0.2, -0.15) is 0 Å². The highest BCUT2D eigenvalue weighted by Gasteiger charge is 2.26. The zero-order chi connectivity index (χ0) is 48.2. The van der Waals surface area contributed by atoms with E-state index in [1.54, 1.807) is 0 Å². The summed E-state index contributed by atoms with van der Waals surface area (Å²) in [7, 11) is 0. The number of anilines is 6. The second-order valence-electron chi connectivity index (χ2n) is 19.4. The molecule has 0 N–H and O–H groups in total. The maximum absolute atomic E-state index is 2.51. The van der Waals surface area contributed by atoms with Gasteiger partial charge in [0.1, 0.15) is 0 Å². The molecule has 0 aliphatic carbocycles. The predicted octanol–water partition coefficient (Wildman–Crippen LogP) is 20.8. The molecule has 0 saturated heterocycles. The highest BCUT2D eigenvalue weighted by Crippen LogP contribution is 2.51. The monoisotopic (exact) mass is 956 g/mol. The second kappa shape index (κ2) is 16.7. The molecule has 12 aromatic carbocycles. The molecule has 0 spiro atoms. The fourth-order valence-corrected chi connectivity index (χ4v) is 14.4. The smallest absolute Gasteiger partial charge is 0.0540 e. The van der Waals surface area contributed by atoms with Gasteiger partial charge in [-0.25, -0.2) is 0 Å². The van der Waals surface area contributed by atoms with Gasteiger partial charge >= 0.3 is 0 Å². The van der Waals surface area contributed by atoms with Gasteiger partial charge in [0.15, 0.2) is 0 Å². The van der Waals surface area contributed by atoms with Crippen LogP contribution in [0.5, 0.6) is 0 Å². The summed E-state index contributed by atoms with van der Waals surface area (Å²) in [6, 6.07) is 81.3. The van der Waals surface area contributed by atoms with Crippen LogP contribution in [-0.4, -0.2) is 0 Å². The lowest BCUT2D eigenvalue weighted by Gasteiger charge is -2.32. The van der Waals surface area contributed by atoms with Crippen LogP contribution in [0.3, 0.4) is 0 Å². The number of benzene rings is 12. The van der Waals surface area contributed by atoms with Crippen molar-refractivity contribution >= 4 is 129 Å². The predicted molar refractivity (Wildman–Crippen MR) is 315 cm³/mol. The first-order chi connectivity index (χ1) is 35.4. The van der Waals surface area contributed by atoms with Gasteiger partial charge in [-0.05, 0) is 167 Å². The summed E-state index contributed by atoms with van der Waals surface area (Å²) in [6.07, 6.45) is 0. The van der Waals surface area contributed by atoms with Crippen LogP contribution in [0.1, 0.15) is 22.3 Å². The summed E-state index contributed by atoms with van der Waals surface area (Å²) in [5, 5.41) is 12.8. The molecular weight excluding hydrogens is 909 g/mol. The van der Waals surface area contributed by atoms with Crippen LogP contribution in [0.2, 0.25) is 0 Å². The minimum absolute atomic E-state index is 1.13.